The minimum atomic E-state index is -1.33. The molecule has 0 saturated carbocycles. The third-order valence-electron chi connectivity index (χ3n) is 11.5. The molecule has 2 aromatic carbocycles. The largest absolute Gasteiger partial charge is 0.455 e. The Morgan fingerprint density at radius 3 is 2.32 bits per heavy atom. The maximum atomic E-state index is 15.2. The molecule has 5 rings (SSSR count). The second-order valence-corrected chi connectivity index (χ2v) is 15.4. The van der Waals surface area contributed by atoms with Gasteiger partial charge in [0, 0.05) is 44.5 Å². The fraction of sp³-hybridized carbons (Fsp3) is 0.545. The van der Waals surface area contributed by atoms with Crippen LogP contribution in [0.4, 0.5) is 11.4 Å². The van der Waals surface area contributed by atoms with Gasteiger partial charge < -0.3 is 39.3 Å². The van der Waals surface area contributed by atoms with Crippen LogP contribution in [0.15, 0.2) is 79.9 Å². The number of methoxy groups -OCH3 is 1. The third kappa shape index (κ3) is 8.57. The van der Waals surface area contributed by atoms with Gasteiger partial charge in [0.05, 0.1) is 43.2 Å². The van der Waals surface area contributed by atoms with Gasteiger partial charge in [0.15, 0.2) is 0 Å². The first-order valence-electron chi connectivity index (χ1n) is 20.0. The minimum Gasteiger partial charge on any atom is -0.455 e. The molecule has 1 spiro atoms. The van der Waals surface area contributed by atoms with Crippen LogP contribution in [-0.4, -0.2) is 103 Å². The lowest BCUT2D eigenvalue weighted by Crippen LogP contribution is -2.59. The lowest BCUT2D eigenvalue weighted by molar-refractivity contribution is -0.163. The van der Waals surface area contributed by atoms with E-state index in [1.165, 1.54) is 12.0 Å². The Hall–Kier alpha value is -4.52. The zero-order valence-electron chi connectivity index (χ0n) is 33.6. The van der Waals surface area contributed by atoms with Gasteiger partial charge in [0.1, 0.15) is 17.7 Å². The third-order valence-corrected chi connectivity index (χ3v) is 11.5. The Morgan fingerprint density at radius 1 is 1.05 bits per heavy atom. The van der Waals surface area contributed by atoms with E-state index in [0.717, 1.165) is 18.8 Å². The van der Waals surface area contributed by atoms with Crippen molar-refractivity contribution in [2.24, 2.45) is 17.8 Å². The number of hydrogen-bond acceptors (Lipinski definition) is 9. The van der Waals surface area contributed by atoms with Crippen molar-refractivity contribution >= 4 is 35.1 Å². The van der Waals surface area contributed by atoms with E-state index < -0.39 is 59.6 Å². The SMILES string of the molecule is C=CCCC(=O)N[C@H](COC)[C@H](OC(=O)[C@@H]1[C@@H]2CC[C@]3(O2)[C@H](C(=O)N(CC=C)c2ccc(N(CC)CC)cc2)N([C@@H](CO)CC(C)C)C(=O)[C@@H]13)c1ccccc1. The first kappa shape index (κ1) is 42.6. The number of esters is 1. The minimum absolute atomic E-state index is 0.0519. The standard InChI is InChI=1S/C44H60N4O8/c1-8-12-18-36(50)45-34(28-54-7)39(30-16-14-13-15-17-30)55-43(53)37-35-23-24-44(56-35)38(37)41(51)48(33(27-49)26-29(5)6)40(44)42(52)47(25-9-2)32-21-19-31(20-22-32)46(10-3)11-4/h8-9,13-17,19-22,29,33-35,37-40,49H,1-2,10-12,18,23-28H2,3-7H3,(H,45,50)/t33-,34-,35+,37-,38-,39-,40+,44-/m1/s1. The number of ether oxygens (including phenoxy) is 3. The van der Waals surface area contributed by atoms with Crippen LogP contribution in [0.2, 0.25) is 0 Å². The number of benzene rings is 2. The molecule has 0 radical (unpaired) electrons. The highest BCUT2D eigenvalue weighted by Crippen LogP contribution is 2.59. The van der Waals surface area contributed by atoms with Gasteiger partial charge in [-0.25, -0.2) is 0 Å². The average molecular weight is 773 g/mol. The number of anilines is 2. The second kappa shape index (κ2) is 19.1. The molecule has 2 aromatic rings. The van der Waals surface area contributed by atoms with Crippen molar-refractivity contribution in [2.75, 3.05) is 49.8 Å². The van der Waals surface area contributed by atoms with E-state index in [1.54, 1.807) is 17.1 Å². The van der Waals surface area contributed by atoms with E-state index in [9.17, 15) is 19.5 Å². The number of rotatable bonds is 21. The predicted octanol–water partition coefficient (Wildman–Crippen LogP) is 5.22. The lowest BCUT2D eigenvalue weighted by atomic mass is 9.70. The molecule has 0 aliphatic carbocycles. The fourth-order valence-electron chi connectivity index (χ4n) is 9.01. The number of nitrogens with one attached hydrogen (secondary N) is 1. The number of hydrogen-bond donors (Lipinski definition) is 2. The van der Waals surface area contributed by atoms with E-state index in [4.69, 9.17) is 14.2 Å². The Kier molecular flexibility index (Phi) is 14.5. The molecule has 8 atom stereocenters. The Balaban J connectivity index is 1.53. The summed E-state index contributed by atoms with van der Waals surface area (Å²) in [4.78, 5) is 63.1. The molecular weight excluding hydrogens is 713 g/mol. The topological polar surface area (TPSA) is 138 Å². The van der Waals surface area contributed by atoms with Crippen LogP contribution in [0.3, 0.4) is 0 Å². The van der Waals surface area contributed by atoms with Crippen molar-refractivity contribution in [2.45, 2.75) is 95.7 Å². The summed E-state index contributed by atoms with van der Waals surface area (Å²) in [6.07, 6.45) is 3.60. The molecule has 0 aromatic heterocycles. The van der Waals surface area contributed by atoms with Crippen LogP contribution in [-0.2, 0) is 33.4 Å². The first-order valence-corrected chi connectivity index (χ1v) is 20.0. The monoisotopic (exact) mass is 772 g/mol. The summed E-state index contributed by atoms with van der Waals surface area (Å²) in [6, 6.07) is 14.3. The van der Waals surface area contributed by atoms with Crippen LogP contribution in [0.5, 0.6) is 0 Å². The van der Waals surface area contributed by atoms with Gasteiger partial charge in [-0.05, 0) is 75.3 Å². The number of nitrogens with zero attached hydrogens (tertiary/aromatic N) is 3. The van der Waals surface area contributed by atoms with Gasteiger partial charge in [0.25, 0.3) is 5.91 Å². The zero-order chi connectivity index (χ0) is 40.6. The number of carbonyl (C=O) groups excluding carboxylic acids is 4. The quantitative estimate of drug-likeness (QED) is 0.129. The molecule has 56 heavy (non-hydrogen) atoms. The maximum absolute atomic E-state index is 15.2. The zero-order valence-corrected chi connectivity index (χ0v) is 33.6. The molecule has 3 heterocycles. The van der Waals surface area contributed by atoms with Crippen molar-refractivity contribution in [3.8, 4) is 0 Å². The van der Waals surface area contributed by atoms with Crippen molar-refractivity contribution in [1.82, 2.24) is 10.2 Å². The highest BCUT2D eigenvalue weighted by molar-refractivity contribution is 6.05. The highest BCUT2D eigenvalue weighted by Gasteiger charge is 2.75. The van der Waals surface area contributed by atoms with Crippen molar-refractivity contribution in [1.29, 1.82) is 0 Å². The van der Waals surface area contributed by atoms with Gasteiger partial charge in [-0.1, -0.05) is 56.3 Å². The number of allylic oxidation sites excluding steroid dienone is 1. The van der Waals surface area contributed by atoms with E-state index >= 15 is 4.79 Å². The van der Waals surface area contributed by atoms with Crippen molar-refractivity contribution in [3.05, 3.63) is 85.5 Å². The van der Waals surface area contributed by atoms with Crippen LogP contribution >= 0.6 is 0 Å². The number of fused-ring (bicyclic) bond motifs is 1. The highest BCUT2D eigenvalue weighted by atomic mass is 16.6. The molecule has 3 fully saturated rings. The summed E-state index contributed by atoms with van der Waals surface area (Å²) in [5, 5.41) is 13.8. The van der Waals surface area contributed by atoms with Gasteiger partial charge in [-0.2, -0.15) is 0 Å². The number of carbonyl (C=O) groups is 4. The molecule has 3 saturated heterocycles. The number of amides is 3. The molecule has 2 N–H and O–H groups in total. The Morgan fingerprint density at radius 2 is 1.73 bits per heavy atom. The van der Waals surface area contributed by atoms with E-state index in [2.05, 4.69) is 37.2 Å². The Labute approximate surface area is 331 Å². The molecule has 2 bridgehead atoms. The summed E-state index contributed by atoms with van der Waals surface area (Å²) in [5.41, 5.74) is 0.967. The summed E-state index contributed by atoms with van der Waals surface area (Å²) in [7, 11) is 1.51. The molecule has 0 unspecified atom stereocenters. The average Bonchev–Trinajstić information content (AvgIpc) is 3.85. The molecular formula is C44H60N4O8. The van der Waals surface area contributed by atoms with Gasteiger partial charge in [-0.15, -0.1) is 13.2 Å². The molecule has 3 aliphatic heterocycles. The van der Waals surface area contributed by atoms with Gasteiger partial charge in [-0.3, -0.25) is 19.2 Å². The first-order chi connectivity index (χ1) is 27.0. The summed E-state index contributed by atoms with van der Waals surface area (Å²) in [5.74, 6) is -3.64. The smallest absolute Gasteiger partial charge is 0.313 e. The molecule has 304 valence electrons. The summed E-state index contributed by atoms with van der Waals surface area (Å²) in [6.45, 7) is 17.3. The molecule has 12 nitrogen and oxygen atoms in total. The number of aliphatic hydroxyl groups excluding tert-OH is 1. The van der Waals surface area contributed by atoms with Gasteiger partial charge >= 0.3 is 5.97 Å². The second-order valence-electron chi connectivity index (χ2n) is 15.4. The van der Waals surface area contributed by atoms with Gasteiger partial charge in [0.2, 0.25) is 11.8 Å². The van der Waals surface area contributed by atoms with Crippen LogP contribution < -0.4 is 15.1 Å². The normalized spacial score (nSPS) is 24.0. The van der Waals surface area contributed by atoms with Crippen LogP contribution in [0, 0.1) is 17.8 Å². The Bertz CT molecular complexity index is 1680. The number of likely N-dealkylation sites (tertiary alicyclic amines) is 1. The molecule has 3 aliphatic rings. The summed E-state index contributed by atoms with van der Waals surface area (Å²) < 4.78 is 18.6. The maximum Gasteiger partial charge on any atom is 0.313 e. The van der Waals surface area contributed by atoms with E-state index in [-0.39, 0.29) is 43.9 Å². The number of aliphatic hydroxyl groups is 1. The molecule has 3 amide bonds. The lowest BCUT2D eigenvalue weighted by Gasteiger charge is -2.39. The summed E-state index contributed by atoms with van der Waals surface area (Å²) >= 11 is 0. The predicted molar refractivity (Wildman–Crippen MR) is 216 cm³/mol. The molecule has 12 heteroatoms. The van der Waals surface area contributed by atoms with Crippen molar-refractivity contribution < 1.29 is 38.5 Å². The van der Waals surface area contributed by atoms with E-state index in [1.807, 2.05) is 68.4 Å². The van der Waals surface area contributed by atoms with Crippen molar-refractivity contribution in [3.63, 3.8) is 0 Å². The van der Waals surface area contributed by atoms with Crippen LogP contribution in [0.25, 0.3) is 0 Å². The van der Waals surface area contributed by atoms with E-state index in [0.29, 0.717) is 36.9 Å². The fourth-order valence-corrected chi connectivity index (χ4v) is 9.01. The van der Waals surface area contributed by atoms with Crippen LogP contribution in [0.1, 0.15) is 71.5 Å².